The first-order valence-corrected chi connectivity index (χ1v) is 11.4. The van der Waals surface area contributed by atoms with Crippen molar-refractivity contribution in [3.8, 4) is 17.0 Å². The number of sulfonamides is 1. The fraction of sp³-hybridized carbons (Fsp3) is 0.238. The summed E-state index contributed by atoms with van der Waals surface area (Å²) < 4.78 is 31.5. The number of nitrogens with one attached hydrogen (secondary N) is 1. The Morgan fingerprint density at radius 2 is 1.73 bits per heavy atom. The number of nitrogens with zero attached hydrogens (tertiary/aromatic N) is 2. The number of likely N-dealkylation sites (N-methyl/N-ethyl adjacent to an activating group) is 1. The number of ether oxygens (including phenoxy) is 1. The predicted molar refractivity (Wildman–Crippen MR) is 118 cm³/mol. The topological polar surface area (TPSA) is 88.6 Å². The SMILES string of the molecule is COc1ccc(-c2nc(NC(=O)CN(C)S(=O)(=O)c3ccc(C)cc3)sc2C)cc1. The second-order valence-corrected chi connectivity index (χ2v) is 10.0. The molecule has 3 rings (SSSR count). The maximum absolute atomic E-state index is 12.6. The van der Waals surface area contributed by atoms with Gasteiger partial charge in [-0.05, 0) is 50.2 Å². The van der Waals surface area contributed by atoms with Gasteiger partial charge in [-0.25, -0.2) is 13.4 Å². The minimum Gasteiger partial charge on any atom is -0.497 e. The molecule has 0 bridgehead atoms. The average Bonchev–Trinajstić information content (AvgIpc) is 3.08. The molecule has 2 aromatic carbocycles. The molecule has 158 valence electrons. The normalized spacial score (nSPS) is 11.5. The number of amides is 1. The molecule has 0 aliphatic rings. The van der Waals surface area contributed by atoms with Gasteiger partial charge in [0.05, 0.1) is 24.2 Å². The third-order valence-corrected chi connectivity index (χ3v) is 7.21. The van der Waals surface area contributed by atoms with Crippen molar-refractivity contribution in [2.24, 2.45) is 0 Å². The lowest BCUT2D eigenvalue weighted by molar-refractivity contribution is -0.116. The zero-order valence-electron chi connectivity index (χ0n) is 17.2. The number of aryl methyl sites for hydroxylation is 2. The largest absolute Gasteiger partial charge is 0.497 e. The Kier molecular flexibility index (Phi) is 6.55. The van der Waals surface area contributed by atoms with E-state index in [2.05, 4.69) is 10.3 Å². The van der Waals surface area contributed by atoms with Crippen LogP contribution in [0.25, 0.3) is 11.3 Å². The maximum atomic E-state index is 12.6. The van der Waals surface area contributed by atoms with E-state index in [1.54, 1.807) is 19.2 Å². The number of thiazole rings is 1. The van der Waals surface area contributed by atoms with Crippen molar-refractivity contribution >= 4 is 32.4 Å². The first-order valence-electron chi connectivity index (χ1n) is 9.15. The number of hydrogen-bond acceptors (Lipinski definition) is 6. The Labute approximate surface area is 180 Å². The molecule has 1 heterocycles. The molecule has 0 atom stereocenters. The molecule has 3 aromatic rings. The minimum absolute atomic E-state index is 0.148. The van der Waals surface area contributed by atoms with Crippen LogP contribution in [0.4, 0.5) is 5.13 Å². The van der Waals surface area contributed by atoms with Crippen LogP contribution >= 0.6 is 11.3 Å². The van der Waals surface area contributed by atoms with Crippen LogP contribution in [0.5, 0.6) is 5.75 Å². The van der Waals surface area contributed by atoms with Gasteiger partial charge in [0.25, 0.3) is 0 Å². The quantitative estimate of drug-likeness (QED) is 0.599. The first kappa shape index (κ1) is 21.9. The van der Waals surface area contributed by atoms with E-state index in [-0.39, 0.29) is 11.4 Å². The fourth-order valence-corrected chi connectivity index (χ4v) is 4.78. The highest BCUT2D eigenvalue weighted by Crippen LogP contribution is 2.31. The zero-order chi connectivity index (χ0) is 21.9. The van der Waals surface area contributed by atoms with Crippen molar-refractivity contribution in [3.05, 3.63) is 59.0 Å². The summed E-state index contributed by atoms with van der Waals surface area (Å²) in [6.45, 7) is 3.48. The lowest BCUT2D eigenvalue weighted by Gasteiger charge is -2.16. The highest BCUT2D eigenvalue weighted by Gasteiger charge is 2.23. The summed E-state index contributed by atoms with van der Waals surface area (Å²) in [6, 6.07) is 14.0. The van der Waals surface area contributed by atoms with Crippen molar-refractivity contribution in [3.63, 3.8) is 0 Å². The van der Waals surface area contributed by atoms with E-state index in [0.717, 1.165) is 31.8 Å². The van der Waals surface area contributed by atoms with Crippen LogP contribution in [-0.2, 0) is 14.8 Å². The highest BCUT2D eigenvalue weighted by atomic mass is 32.2. The molecule has 0 aliphatic carbocycles. The molecule has 0 saturated heterocycles. The lowest BCUT2D eigenvalue weighted by Crippen LogP contribution is -2.34. The van der Waals surface area contributed by atoms with E-state index in [9.17, 15) is 13.2 Å². The molecule has 7 nitrogen and oxygen atoms in total. The van der Waals surface area contributed by atoms with Crippen LogP contribution in [0, 0.1) is 13.8 Å². The van der Waals surface area contributed by atoms with Crippen LogP contribution < -0.4 is 10.1 Å². The molecule has 30 heavy (non-hydrogen) atoms. The van der Waals surface area contributed by atoms with E-state index in [0.29, 0.717) is 5.13 Å². The standard InChI is InChI=1S/C21H23N3O4S2/c1-14-5-11-18(12-6-14)30(26,27)24(3)13-19(25)22-21-23-20(15(2)29-21)16-7-9-17(28-4)10-8-16/h5-12H,13H2,1-4H3,(H,22,23,25). The van der Waals surface area contributed by atoms with Gasteiger partial charge in [-0.1, -0.05) is 17.7 Å². The van der Waals surface area contributed by atoms with Gasteiger partial charge in [0.1, 0.15) is 5.75 Å². The van der Waals surface area contributed by atoms with Gasteiger partial charge in [0, 0.05) is 17.5 Å². The molecule has 0 radical (unpaired) electrons. The summed E-state index contributed by atoms with van der Waals surface area (Å²) in [5, 5.41) is 3.12. The third-order valence-electron chi connectivity index (χ3n) is 4.50. The number of benzene rings is 2. The van der Waals surface area contributed by atoms with E-state index in [1.165, 1.54) is 30.5 Å². The summed E-state index contributed by atoms with van der Waals surface area (Å²) in [6.07, 6.45) is 0. The van der Waals surface area contributed by atoms with E-state index < -0.39 is 15.9 Å². The Hall–Kier alpha value is -2.75. The number of carbonyl (C=O) groups excluding carboxylic acids is 1. The van der Waals surface area contributed by atoms with Crippen LogP contribution in [-0.4, -0.2) is 44.3 Å². The second-order valence-electron chi connectivity index (χ2n) is 6.77. The highest BCUT2D eigenvalue weighted by molar-refractivity contribution is 7.89. The molecular weight excluding hydrogens is 422 g/mol. The summed E-state index contributed by atoms with van der Waals surface area (Å²) in [5.74, 6) is 0.293. The van der Waals surface area contributed by atoms with Crippen molar-refractivity contribution in [1.82, 2.24) is 9.29 Å². The van der Waals surface area contributed by atoms with E-state index >= 15 is 0 Å². The second kappa shape index (κ2) is 8.95. The number of carbonyl (C=O) groups is 1. The van der Waals surface area contributed by atoms with Crippen LogP contribution in [0.1, 0.15) is 10.4 Å². The summed E-state index contributed by atoms with van der Waals surface area (Å²) >= 11 is 1.34. The van der Waals surface area contributed by atoms with E-state index in [1.807, 2.05) is 38.1 Å². The monoisotopic (exact) mass is 445 g/mol. The van der Waals surface area contributed by atoms with Gasteiger partial charge in [-0.2, -0.15) is 4.31 Å². The van der Waals surface area contributed by atoms with Crippen molar-refractivity contribution in [1.29, 1.82) is 0 Å². The Morgan fingerprint density at radius 3 is 2.33 bits per heavy atom. The first-order chi connectivity index (χ1) is 14.2. The molecule has 1 N–H and O–H groups in total. The third kappa shape index (κ3) is 4.86. The fourth-order valence-electron chi connectivity index (χ4n) is 2.80. The number of rotatable bonds is 7. The average molecular weight is 446 g/mol. The van der Waals surface area contributed by atoms with E-state index in [4.69, 9.17) is 4.74 Å². The Bertz CT molecular complexity index is 1140. The van der Waals surface area contributed by atoms with Crippen LogP contribution in [0.2, 0.25) is 0 Å². The zero-order valence-corrected chi connectivity index (χ0v) is 18.8. The van der Waals surface area contributed by atoms with Gasteiger partial charge in [-0.15, -0.1) is 11.3 Å². The predicted octanol–water partition coefficient (Wildman–Crippen LogP) is 3.69. The number of aromatic nitrogens is 1. The molecule has 1 aromatic heterocycles. The van der Waals surface area contributed by atoms with Crippen LogP contribution in [0.3, 0.4) is 0 Å². The summed E-state index contributed by atoms with van der Waals surface area (Å²) in [4.78, 5) is 18.0. The van der Waals surface area contributed by atoms with Gasteiger partial charge >= 0.3 is 0 Å². The van der Waals surface area contributed by atoms with Gasteiger partial charge in [0.2, 0.25) is 15.9 Å². The smallest absolute Gasteiger partial charge is 0.243 e. The summed E-state index contributed by atoms with van der Waals surface area (Å²) in [7, 11) is -0.768. The van der Waals surface area contributed by atoms with Crippen molar-refractivity contribution in [2.45, 2.75) is 18.7 Å². The number of hydrogen-bond donors (Lipinski definition) is 1. The van der Waals surface area contributed by atoms with Gasteiger partial charge < -0.3 is 10.1 Å². The molecule has 1 amide bonds. The maximum Gasteiger partial charge on any atom is 0.243 e. The molecular formula is C21H23N3O4S2. The molecule has 0 saturated carbocycles. The molecule has 0 aliphatic heterocycles. The van der Waals surface area contributed by atoms with Crippen molar-refractivity contribution in [2.75, 3.05) is 26.0 Å². The van der Waals surface area contributed by atoms with Crippen LogP contribution in [0.15, 0.2) is 53.4 Å². The van der Waals surface area contributed by atoms with Gasteiger partial charge in [-0.3, -0.25) is 4.79 Å². The van der Waals surface area contributed by atoms with Gasteiger partial charge in [0.15, 0.2) is 5.13 Å². The molecule has 9 heteroatoms. The Balaban J connectivity index is 1.69. The van der Waals surface area contributed by atoms with Crippen molar-refractivity contribution < 1.29 is 17.9 Å². The molecule has 0 unspecified atom stereocenters. The lowest BCUT2D eigenvalue weighted by atomic mass is 10.1. The molecule has 0 fully saturated rings. The minimum atomic E-state index is -3.75. The number of anilines is 1. The molecule has 0 spiro atoms. The summed E-state index contributed by atoms with van der Waals surface area (Å²) in [5.41, 5.74) is 2.63. The Morgan fingerprint density at radius 1 is 1.10 bits per heavy atom. The number of methoxy groups -OCH3 is 1.